The molecule has 0 aliphatic heterocycles. The Morgan fingerprint density at radius 2 is 2.30 bits per heavy atom. The SMILES string of the molecule is COCC(=O)CCC(C)O. The first-order chi connectivity index (χ1) is 4.66. The monoisotopic (exact) mass is 146 g/mol. The van der Waals surface area contributed by atoms with Gasteiger partial charge in [-0.1, -0.05) is 0 Å². The summed E-state index contributed by atoms with van der Waals surface area (Å²) in [4.78, 5) is 10.7. The average molecular weight is 146 g/mol. The maximum Gasteiger partial charge on any atom is 0.158 e. The number of aliphatic hydroxyl groups is 1. The van der Waals surface area contributed by atoms with Crippen LogP contribution >= 0.6 is 0 Å². The number of ketones is 1. The summed E-state index contributed by atoms with van der Waals surface area (Å²) < 4.78 is 4.60. The van der Waals surface area contributed by atoms with Gasteiger partial charge in [-0.2, -0.15) is 0 Å². The van der Waals surface area contributed by atoms with Crippen LogP contribution in [0.2, 0.25) is 0 Å². The molecule has 1 N–H and O–H groups in total. The van der Waals surface area contributed by atoms with Gasteiger partial charge in [0.25, 0.3) is 0 Å². The van der Waals surface area contributed by atoms with Crippen molar-refractivity contribution >= 4 is 5.78 Å². The van der Waals surface area contributed by atoms with Crippen LogP contribution in [0, 0.1) is 0 Å². The van der Waals surface area contributed by atoms with Crippen LogP contribution in [-0.4, -0.2) is 30.7 Å². The zero-order chi connectivity index (χ0) is 7.98. The molecule has 1 unspecified atom stereocenters. The summed E-state index contributed by atoms with van der Waals surface area (Å²) in [7, 11) is 1.49. The summed E-state index contributed by atoms with van der Waals surface area (Å²) >= 11 is 0. The Hall–Kier alpha value is -0.410. The van der Waals surface area contributed by atoms with E-state index in [1.807, 2.05) is 0 Å². The molecule has 0 bridgehead atoms. The Kier molecular flexibility index (Phi) is 5.16. The van der Waals surface area contributed by atoms with Gasteiger partial charge in [0.15, 0.2) is 5.78 Å². The number of carbonyl (C=O) groups excluding carboxylic acids is 1. The molecule has 0 fully saturated rings. The molecule has 0 aromatic carbocycles. The van der Waals surface area contributed by atoms with Crippen molar-refractivity contribution in [1.29, 1.82) is 0 Å². The molecule has 0 radical (unpaired) electrons. The third-order valence-corrected chi connectivity index (χ3v) is 1.15. The molecule has 0 saturated heterocycles. The summed E-state index contributed by atoms with van der Waals surface area (Å²) in [5, 5.41) is 8.78. The second kappa shape index (κ2) is 5.38. The Labute approximate surface area is 61.0 Å². The van der Waals surface area contributed by atoms with Gasteiger partial charge in [-0.25, -0.2) is 0 Å². The zero-order valence-corrected chi connectivity index (χ0v) is 6.46. The lowest BCUT2D eigenvalue weighted by atomic mass is 10.2. The minimum Gasteiger partial charge on any atom is -0.393 e. The first-order valence-electron chi connectivity index (χ1n) is 3.35. The number of aliphatic hydroxyl groups excluding tert-OH is 1. The van der Waals surface area contributed by atoms with Crippen LogP contribution in [-0.2, 0) is 9.53 Å². The molecule has 0 rings (SSSR count). The van der Waals surface area contributed by atoms with Gasteiger partial charge in [-0.05, 0) is 13.3 Å². The standard InChI is InChI=1S/C7H14O3/c1-6(8)3-4-7(9)5-10-2/h6,8H,3-5H2,1-2H3. The molecule has 0 aromatic rings. The zero-order valence-electron chi connectivity index (χ0n) is 6.46. The smallest absolute Gasteiger partial charge is 0.158 e. The van der Waals surface area contributed by atoms with Gasteiger partial charge < -0.3 is 9.84 Å². The molecule has 3 heteroatoms. The van der Waals surface area contributed by atoms with Gasteiger partial charge in [0.1, 0.15) is 6.61 Å². The summed E-state index contributed by atoms with van der Waals surface area (Å²) in [5.41, 5.74) is 0. The Bertz CT molecular complexity index is 99.0. The normalized spacial score (nSPS) is 13.1. The number of hydrogen-bond acceptors (Lipinski definition) is 3. The molecule has 0 aromatic heterocycles. The Balaban J connectivity index is 3.22. The van der Waals surface area contributed by atoms with Crippen molar-refractivity contribution < 1.29 is 14.6 Å². The molecule has 0 saturated carbocycles. The van der Waals surface area contributed by atoms with E-state index >= 15 is 0 Å². The molecule has 0 aliphatic carbocycles. The van der Waals surface area contributed by atoms with Crippen molar-refractivity contribution in [3.05, 3.63) is 0 Å². The van der Waals surface area contributed by atoms with E-state index in [1.165, 1.54) is 7.11 Å². The van der Waals surface area contributed by atoms with Crippen LogP contribution in [0.5, 0.6) is 0 Å². The van der Waals surface area contributed by atoms with E-state index in [9.17, 15) is 4.79 Å². The Morgan fingerprint density at radius 3 is 2.70 bits per heavy atom. The second-order valence-corrected chi connectivity index (χ2v) is 2.36. The summed E-state index contributed by atoms with van der Waals surface area (Å²) in [6.07, 6.45) is 0.550. The van der Waals surface area contributed by atoms with Gasteiger partial charge in [-0.15, -0.1) is 0 Å². The van der Waals surface area contributed by atoms with E-state index in [2.05, 4.69) is 4.74 Å². The van der Waals surface area contributed by atoms with Crippen molar-refractivity contribution in [1.82, 2.24) is 0 Å². The summed E-state index contributed by atoms with van der Waals surface area (Å²) in [6, 6.07) is 0. The van der Waals surface area contributed by atoms with Crippen molar-refractivity contribution in [2.24, 2.45) is 0 Å². The predicted molar refractivity (Wildman–Crippen MR) is 37.8 cm³/mol. The number of methoxy groups -OCH3 is 1. The van der Waals surface area contributed by atoms with Gasteiger partial charge in [0.05, 0.1) is 6.10 Å². The molecule has 1 atom stereocenters. The molecule has 3 nitrogen and oxygen atoms in total. The molecule has 0 aliphatic rings. The number of ether oxygens (including phenoxy) is 1. The number of rotatable bonds is 5. The van der Waals surface area contributed by atoms with Crippen molar-refractivity contribution in [2.75, 3.05) is 13.7 Å². The fraction of sp³-hybridized carbons (Fsp3) is 0.857. The molecule has 0 heterocycles. The first-order valence-corrected chi connectivity index (χ1v) is 3.35. The lowest BCUT2D eigenvalue weighted by Gasteiger charge is -2.01. The van der Waals surface area contributed by atoms with Crippen LogP contribution in [0.3, 0.4) is 0 Å². The van der Waals surface area contributed by atoms with Gasteiger partial charge >= 0.3 is 0 Å². The molecular formula is C7H14O3. The molecule has 60 valence electrons. The largest absolute Gasteiger partial charge is 0.393 e. The van der Waals surface area contributed by atoms with Gasteiger partial charge in [-0.3, -0.25) is 4.79 Å². The summed E-state index contributed by atoms with van der Waals surface area (Å²) in [5.74, 6) is 0.0448. The van der Waals surface area contributed by atoms with Crippen LogP contribution in [0.1, 0.15) is 19.8 Å². The minimum absolute atomic E-state index is 0.0448. The second-order valence-electron chi connectivity index (χ2n) is 2.36. The number of hydrogen-bond donors (Lipinski definition) is 1. The quantitative estimate of drug-likeness (QED) is 0.609. The van der Waals surface area contributed by atoms with Gasteiger partial charge in [0, 0.05) is 13.5 Å². The fourth-order valence-corrected chi connectivity index (χ4v) is 0.603. The topological polar surface area (TPSA) is 46.5 Å². The third kappa shape index (κ3) is 5.72. The minimum atomic E-state index is -0.388. The highest BCUT2D eigenvalue weighted by molar-refractivity contribution is 5.79. The lowest BCUT2D eigenvalue weighted by Crippen LogP contribution is -2.09. The van der Waals surface area contributed by atoms with Gasteiger partial charge in [0.2, 0.25) is 0 Å². The van der Waals surface area contributed by atoms with Crippen LogP contribution in [0.4, 0.5) is 0 Å². The molecular weight excluding hydrogens is 132 g/mol. The van der Waals surface area contributed by atoms with E-state index in [-0.39, 0.29) is 18.5 Å². The van der Waals surface area contributed by atoms with Crippen LogP contribution in [0.25, 0.3) is 0 Å². The van der Waals surface area contributed by atoms with E-state index in [4.69, 9.17) is 5.11 Å². The van der Waals surface area contributed by atoms with E-state index in [0.717, 1.165) is 0 Å². The number of Topliss-reactive ketones (excluding diaryl/α,β-unsaturated/α-hetero) is 1. The van der Waals surface area contributed by atoms with Crippen molar-refractivity contribution in [2.45, 2.75) is 25.9 Å². The summed E-state index contributed by atoms with van der Waals surface area (Å²) in [6.45, 7) is 1.83. The number of carbonyl (C=O) groups is 1. The highest BCUT2D eigenvalue weighted by Crippen LogP contribution is 1.96. The van der Waals surface area contributed by atoms with Crippen molar-refractivity contribution in [3.63, 3.8) is 0 Å². The first kappa shape index (κ1) is 9.59. The molecule has 10 heavy (non-hydrogen) atoms. The third-order valence-electron chi connectivity index (χ3n) is 1.15. The highest BCUT2D eigenvalue weighted by atomic mass is 16.5. The highest BCUT2D eigenvalue weighted by Gasteiger charge is 2.02. The van der Waals surface area contributed by atoms with Crippen molar-refractivity contribution in [3.8, 4) is 0 Å². The maximum atomic E-state index is 10.7. The predicted octanol–water partition coefficient (Wildman–Crippen LogP) is 0.363. The van der Waals surface area contributed by atoms with E-state index < -0.39 is 0 Å². The van der Waals surface area contributed by atoms with E-state index in [1.54, 1.807) is 6.92 Å². The maximum absolute atomic E-state index is 10.7. The Morgan fingerprint density at radius 1 is 1.70 bits per heavy atom. The average Bonchev–Trinajstić information content (AvgIpc) is 1.85. The molecule has 0 spiro atoms. The fourth-order valence-electron chi connectivity index (χ4n) is 0.603. The van der Waals surface area contributed by atoms with Crippen LogP contribution in [0.15, 0.2) is 0 Å². The van der Waals surface area contributed by atoms with E-state index in [0.29, 0.717) is 12.8 Å². The molecule has 0 amide bonds. The van der Waals surface area contributed by atoms with Crippen LogP contribution < -0.4 is 0 Å². The lowest BCUT2D eigenvalue weighted by molar-refractivity contribution is -0.123.